The standard InChI is InChI=1S/C74H144O17P2/c1-6-9-12-15-18-20-22-24-26-27-28-29-30-31-32-34-36-38-44-49-54-59-73(78)90-70(64-85-72(77)58-53-48-43-37-35-33-25-23-21-19-16-13-10-7-2)66-89-93(82,83)87-62-68(75)61-86-92(80,81)88-65-69(63-84-71(76)57-52-47-41-17-14-11-8-3)91-74(79)60-55-50-45-40-39-42-46-51-56-67(4)5/h67-70,75H,6-66H2,1-5H3,(H,80,81)(H,82,83)/t68-,69+,70+/m0/s1. The van der Waals surface area contributed by atoms with Crippen molar-refractivity contribution in [3.63, 3.8) is 0 Å². The normalized spacial score (nSPS) is 14.0. The van der Waals surface area contributed by atoms with Gasteiger partial charge in [-0.1, -0.05) is 336 Å². The first kappa shape index (κ1) is 91.1. The van der Waals surface area contributed by atoms with Crippen LogP contribution in [0.15, 0.2) is 0 Å². The number of carbonyl (C=O) groups excluding carboxylic acids is 4. The van der Waals surface area contributed by atoms with Crippen molar-refractivity contribution < 1.29 is 80.2 Å². The van der Waals surface area contributed by atoms with Crippen LogP contribution in [-0.2, 0) is 65.4 Å². The summed E-state index contributed by atoms with van der Waals surface area (Å²) in [4.78, 5) is 72.5. The van der Waals surface area contributed by atoms with Crippen LogP contribution in [0, 0.1) is 5.92 Å². The van der Waals surface area contributed by atoms with Crippen molar-refractivity contribution in [1.82, 2.24) is 0 Å². The van der Waals surface area contributed by atoms with E-state index in [4.69, 9.17) is 37.0 Å². The largest absolute Gasteiger partial charge is 0.472 e. The third-order valence-corrected chi connectivity index (χ3v) is 19.2. The zero-order valence-corrected chi connectivity index (χ0v) is 62.2. The monoisotopic (exact) mass is 1370 g/mol. The van der Waals surface area contributed by atoms with E-state index < -0.39 is 97.5 Å². The van der Waals surface area contributed by atoms with Crippen LogP contribution >= 0.6 is 15.6 Å². The van der Waals surface area contributed by atoms with Crippen LogP contribution < -0.4 is 0 Å². The Kier molecular flexibility index (Phi) is 65.9. The molecule has 0 heterocycles. The Balaban J connectivity index is 5.15. The maximum Gasteiger partial charge on any atom is 0.472 e. The number of aliphatic hydroxyl groups excluding tert-OH is 1. The summed E-state index contributed by atoms with van der Waals surface area (Å²) >= 11 is 0. The van der Waals surface area contributed by atoms with Crippen molar-refractivity contribution in [1.29, 1.82) is 0 Å². The van der Waals surface area contributed by atoms with Gasteiger partial charge in [-0.2, -0.15) is 0 Å². The molecular formula is C74H144O17P2. The zero-order valence-electron chi connectivity index (χ0n) is 60.4. The second kappa shape index (κ2) is 67.3. The Morgan fingerprint density at radius 3 is 0.731 bits per heavy atom. The van der Waals surface area contributed by atoms with E-state index in [2.05, 4.69) is 34.6 Å². The van der Waals surface area contributed by atoms with E-state index in [1.165, 1.54) is 199 Å². The SMILES string of the molecule is CCCCCCCCCCCCCCCCCCCCCCCC(=O)O[C@H](COC(=O)CCCCCCCCCCCCCCCC)COP(=O)(O)OC[C@@H](O)COP(=O)(O)OC[C@@H](COC(=O)CCCCCCCCC)OC(=O)CCCCCCCCCCC(C)C. The summed E-state index contributed by atoms with van der Waals surface area (Å²) in [6.45, 7) is 7.19. The number of hydrogen-bond acceptors (Lipinski definition) is 15. The van der Waals surface area contributed by atoms with E-state index in [1.807, 2.05) is 0 Å². The van der Waals surface area contributed by atoms with Crippen molar-refractivity contribution in [2.24, 2.45) is 5.92 Å². The van der Waals surface area contributed by atoms with Crippen LogP contribution in [0.5, 0.6) is 0 Å². The number of hydrogen-bond donors (Lipinski definition) is 3. The Morgan fingerprint density at radius 2 is 0.495 bits per heavy atom. The first-order valence-electron chi connectivity index (χ1n) is 38.6. The van der Waals surface area contributed by atoms with Gasteiger partial charge in [0, 0.05) is 25.7 Å². The summed E-state index contributed by atoms with van der Waals surface area (Å²) in [6, 6.07) is 0. The Morgan fingerprint density at radius 1 is 0.290 bits per heavy atom. The molecule has 93 heavy (non-hydrogen) atoms. The van der Waals surface area contributed by atoms with Crippen molar-refractivity contribution in [3.8, 4) is 0 Å². The summed E-state index contributed by atoms with van der Waals surface area (Å²) < 4.78 is 68.3. The third kappa shape index (κ3) is 68.4. The maximum absolute atomic E-state index is 13.1. The third-order valence-electron chi connectivity index (χ3n) is 17.3. The number of rotatable bonds is 74. The molecule has 2 unspecified atom stereocenters. The molecule has 0 aromatic carbocycles. The first-order valence-corrected chi connectivity index (χ1v) is 41.6. The molecule has 0 fully saturated rings. The van der Waals surface area contributed by atoms with Crippen molar-refractivity contribution in [2.75, 3.05) is 39.6 Å². The molecule has 3 N–H and O–H groups in total. The molecule has 17 nitrogen and oxygen atoms in total. The highest BCUT2D eigenvalue weighted by Crippen LogP contribution is 2.45. The van der Waals surface area contributed by atoms with Gasteiger partial charge in [-0.3, -0.25) is 37.3 Å². The van der Waals surface area contributed by atoms with Crippen LogP contribution in [0.3, 0.4) is 0 Å². The molecule has 0 aromatic rings. The lowest BCUT2D eigenvalue weighted by molar-refractivity contribution is -0.161. The molecule has 0 saturated heterocycles. The quantitative estimate of drug-likeness (QED) is 0.0222. The van der Waals surface area contributed by atoms with Crippen molar-refractivity contribution >= 4 is 39.5 Å². The van der Waals surface area contributed by atoms with Gasteiger partial charge in [0.25, 0.3) is 0 Å². The van der Waals surface area contributed by atoms with Gasteiger partial charge in [0.2, 0.25) is 0 Å². The minimum atomic E-state index is -4.95. The van der Waals surface area contributed by atoms with Crippen LogP contribution in [0.25, 0.3) is 0 Å². The van der Waals surface area contributed by atoms with Gasteiger partial charge in [-0.15, -0.1) is 0 Å². The lowest BCUT2D eigenvalue weighted by atomic mass is 10.0. The number of aliphatic hydroxyl groups is 1. The van der Waals surface area contributed by atoms with Crippen LogP contribution in [0.2, 0.25) is 0 Å². The highest BCUT2D eigenvalue weighted by Gasteiger charge is 2.30. The van der Waals surface area contributed by atoms with Crippen LogP contribution in [0.1, 0.15) is 388 Å². The van der Waals surface area contributed by atoms with Gasteiger partial charge in [0.1, 0.15) is 19.3 Å². The van der Waals surface area contributed by atoms with E-state index >= 15 is 0 Å². The summed E-state index contributed by atoms with van der Waals surface area (Å²) in [6.07, 6.45) is 55.8. The van der Waals surface area contributed by atoms with Gasteiger partial charge in [0.15, 0.2) is 12.2 Å². The average Bonchev–Trinajstić information content (AvgIpc) is 3.20. The molecule has 0 rings (SSSR count). The summed E-state index contributed by atoms with van der Waals surface area (Å²) in [5, 5.41) is 10.6. The second-order valence-corrected chi connectivity index (χ2v) is 30.1. The topological polar surface area (TPSA) is 237 Å². The Bertz CT molecular complexity index is 1790. The van der Waals surface area contributed by atoms with E-state index in [-0.39, 0.29) is 25.7 Å². The molecule has 0 aromatic heterocycles. The van der Waals surface area contributed by atoms with Crippen LogP contribution in [0.4, 0.5) is 0 Å². The minimum Gasteiger partial charge on any atom is -0.462 e. The van der Waals surface area contributed by atoms with E-state index in [0.717, 1.165) is 109 Å². The summed E-state index contributed by atoms with van der Waals surface area (Å²) in [5.74, 6) is -1.40. The molecule has 0 aliphatic carbocycles. The number of esters is 4. The van der Waals surface area contributed by atoms with Gasteiger partial charge in [-0.05, 0) is 31.6 Å². The molecular weight excluding hydrogens is 1220 g/mol. The predicted molar refractivity (Wildman–Crippen MR) is 377 cm³/mol. The first-order chi connectivity index (χ1) is 45.0. The number of phosphoric acid groups is 2. The molecule has 0 radical (unpaired) electrons. The zero-order chi connectivity index (χ0) is 68.4. The van der Waals surface area contributed by atoms with Crippen LogP contribution in [-0.4, -0.2) is 96.7 Å². The predicted octanol–water partition coefficient (Wildman–Crippen LogP) is 21.7. The van der Waals surface area contributed by atoms with Crippen molar-refractivity contribution in [3.05, 3.63) is 0 Å². The Labute approximate surface area is 568 Å². The number of carbonyl (C=O) groups is 4. The van der Waals surface area contributed by atoms with E-state index in [9.17, 15) is 43.2 Å². The van der Waals surface area contributed by atoms with Gasteiger partial charge in [0.05, 0.1) is 26.4 Å². The molecule has 0 spiro atoms. The van der Waals surface area contributed by atoms with Gasteiger partial charge in [-0.25, -0.2) is 9.13 Å². The molecule has 0 aliphatic rings. The molecule has 552 valence electrons. The van der Waals surface area contributed by atoms with Gasteiger partial charge >= 0.3 is 39.5 Å². The highest BCUT2D eigenvalue weighted by molar-refractivity contribution is 7.47. The number of unbranched alkanes of at least 4 members (excludes halogenated alkanes) is 46. The summed E-state index contributed by atoms with van der Waals surface area (Å²) in [5.41, 5.74) is 0. The molecule has 0 saturated carbocycles. The maximum atomic E-state index is 13.1. The summed E-state index contributed by atoms with van der Waals surface area (Å²) in [7, 11) is -9.90. The Hall–Kier alpha value is -1.94. The lowest BCUT2D eigenvalue weighted by Gasteiger charge is -2.21. The minimum absolute atomic E-state index is 0.104. The highest BCUT2D eigenvalue weighted by atomic mass is 31.2. The number of phosphoric ester groups is 2. The molecule has 0 amide bonds. The molecule has 0 aliphatic heterocycles. The fourth-order valence-electron chi connectivity index (χ4n) is 11.4. The average molecular weight is 1370 g/mol. The second-order valence-electron chi connectivity index (χ2n) is 27.2. The van der Waals surface area contributed by atoms with Crippen molar-refractivity contribution in [2.45, 2.75) is 406 Å². The van der Waals surface area contributed by atoms with Gasteiger partial charge < -0.3 is 33.8 Å². The molecule has 19 heteroatoms. The fraction of sp³-hybridized carbons (Fsp3) is 0.946. The molecule has 5 atom stereocenters. The lowest BCUT2D eigenvalue weighted by Crippen LogP contribution is -2.30. The molecule has 0 bridgehead atoms. The number of ether oxygens (including phenoxy) is 4. The van der Waals surface area contributed by atoms with E-state index in [0.29, 0.717) is 25.7 Å². The smallest absolute Gasteiger partial charge is 0.462 e. The fourth-order valence-corrected chi connectivity index (χ4v) is 12.9. The van der Waals surface area contributed by atoms with E-state index in [1.54, 1.807) is 0 Å².